The predicted molar refractivity (Wildman–Crippen MR) is 99.2 cm³/mol. The molecule has 0 bridgehead atoms. The molecule has 126 valence electrons. The summed E-state index contributed by atoms with van der Waals surface area (Å²) in [5.41, 5.74) is 1.57. The molecule has 1 aliphatic carbocycles. The van der Waals surface area contributed by atoms with E-state index in [1.165, 1.54) is 0 Å². The number of hydrogen-bond donors (Lipinski definition) is 1. The Balaban J connectivity index is 1.45. The number of halogens is 1. The second kappa shape index (κ2) is 6.44. The number of anilines is 1. The van der Waals surface area contributed by atoms with E-state index in [0.717, 1.165) is 28.6 Å². The van der Waals surface area contributed by atoms with Gasteiger partial charge in [0.2, 0.25) is 5.91 Å². The molecule has 1 fully saturated rings. The quantitative estimate of drug-likeness (QED) is 0.713. The zero-order valence-corrected chi connectivity index (χ0v) is 15.1. The van der Waals surface area contributed by atoms with Gasteiger partial charge in [0, 0.05) is 22.9 Å². The molecule has 0 atom stereocenters. The molecule has 2 aromatic heterocycles. The van der Waals surface area contributed by atoms with Crippen molar-refractivity contribution in [1.82, 2.24) is 14.8 Å². The summed E-state index contributed by atoms with van der Waals surface area (Å²) in [6.07, 6.45) is 5.35. The first-order chi connectivity index (χ1) is 12.2. The number of rotatable bonds is 5. The number of carbonyl (C=O) groups is 1. The molecule has 5 nitrogen and oxygen atoms in total. The molecule has 0 unspecified atom stereocenters. The highest BCUT2D eigenvalue weighted by Gasteiger charge is 2.51. The Hall–Kier alpha value is -2.47. The largest absolute Gasteiger partial charge is 0.308 e. The molecule has 1 N–H and O–H groups in total. The molecule has 0 radical (unpaired) electrons. The normalized spacial score (nSPS) is 14.9. The molecule has 0 saturated heterocycles. The van der Waals surface area contributed by atoms with Crippen molar-refractivity contribution in [3.8, 4) is 0 Å². The minimum absolute atomic E-state index is 0.0120. The summed E-state index contributed by atoms with van der Waals surface area (Å²) in [4.78, 5) is 17.1. The van der Waals surface area contributed by atoms with E-state index in [4.69, 9.17) is 0 Å². The predicted octanol–water partition coefficient (Wildman–Crippen LogP) is 3.76. The summed E-state index contributed by atoms with van der Waals surface area (Å²) in [6, 6.07) is 15.6. The van der Waals surface area contributed by atoms with Crippen LogP contribution in [0.5, 0.6) is 0 Å². The molecule has 1 amide bonds. The minimum Gasteiger partial charge on any atom is -0.308 e. The highest BCUT2D eigenvalue weighted by molar-refractivity contribution is 9.10. The third-order valence-corrected chi connectivity index (χ3v) is 5.04. The fourth-order valence-electron chi connectivity index (χ4n) is 2.95. The number of carbonyl (C=O) groups excluding carboxylic acids is 1. The van der Waals surface area contributed by atoms with Crippen molar-refractivity contribution in [2.75, 3.05) is 5.32 Å². The Kier molecular flexibility index (Phi) is 4.13. The highest BCUT2D eigenvalue weighted by atomic mass is 79.9. The second-order valence-corrected chi connectivity index (χ2v) is 7.18. The van der Waals surface area contributed by atoms with Gasteiger partial charge in [0.25, 0.3) is 0 Å². The van der Waals surface area contributed by atoms with Crippen LogP contribution in [0.1, 0.15) is 24.1 Å². The molecular weight excluding hydrogens is 380 g/mol. The number of amides is 1. The number of nitrogens with one attached hydrogen (secondary N) is 1. The van der Waals surface area contributed by atoms with E-state index in [9.17, 15) is 4.79 Å². The van der Waals surface area contributed by atoms with Crippen molar-refractivity contribution >= 4 is 27.7 Å². The van der Waals surface area contributed by atoms with Gasteiger partial charge in [-0.3, -0.25) is 14.5 Å². The number of benzene rings is 1. The molecule has 0 spiro atoms. The Morgan fingerprint density at radius 3 is 2.64 bits per heavy atom. The summed E-state index contributed by atoms with van der Waals surface area (Å²) in [7, 11) is 0. The Bertz CT molecular complexity index is 885. The van der Waals surface area contributed by atoms with Gasteiger partial charge in [-0.2, -0.15) is 5.10 Å². The van der Waals surface area contributed by atoms with Crippen LogP contribution in [0, 0.1) is 0 Å². The Morgan fingerprint density at radius 1 is 1.16 bits per heavy atom. The summed E-state index contributed by atoms with van der Waals surface area (Å²) in [5, 5.41) is 7.39. The molecule has 3 aromatic rings. The van der Waals surface area contributed by atoms with Crippen LogP contribution in [0.25, 0.3) is 0 Å². The zero-order chi connectivity index (χ0) is 17.3. The Morgan fingerprint density at radius 2 is 1.96 bits per heavy atom. The van der Waals surface area contributed by atoms with E-state index in [1.807, 2.05) is 54.7 Å². The van der Waals surface area contributed by atoms with E-state index in [2.05, 4.69) is 31.3 Å². The first kappa shape index (κ1) is 16.0. The van der Waals surface area contributed by atoms with Crippen LogP contribution in [-0.2, 0) is 16.8 Å². The Labute approximate surface area is 154 Å². The van der Waals surface area contributed by atoms with E-state index in [1.54, 1.807) is 10.9 Å². The standard InChI is InChI=1S/C19H17BrN4O/c20-15-6-4-14(5-7-15)19(9-10-19)18(25)22-17-8-12-24(23-17)13-16-3-1-2-11-21-16/h1-8,11-12H,9-10,13H2,(H,22,23,25). The first-order valence-electron chi connectivity index (χ1n) is 8.17. The highest BCUT2D eigenvalue weighted by Crippen LogP contribution is 2.49. The fraction of sp³-hybridized carbons (Fsp3) is 0.211. The SMILES string of the molecule is O=C(Nc1ccn(Cc2ccccn2)n1)C1(c2ccc(Br)cc2)CC1. The second-order valence-electron chi connectivity index (χ2n) is 6.26. The van der Waals surface area contributed by atoms with Gasteiger partial charge >= 0.3 is 0 Å². The van der Waals surface area contributed by atoms with Crippen molar-refractivity contribution in [3.05, 3.63) is 76.7 Å². The van der Waals surface area contributed by atoms with Crippen molar-refractivity contribution in [2.24, 2.45) is 0 Å². The van der Waals surface area contributed by atoms with Crippen LogP contribution in [-0.4, -0.2) is 20.7 Å². The fourth-order valence-corrected chi connectivity index (χ4v) is 3.22. The summed E-state index contributed by atoms with van der Waals surface area (Å²) in [5.74, 6) is 0.585. The van der Waals surface area contributed by atoms with Gasteiger partial charge in [-0.1, -0.05) is 34.1 Å². The molecule has 4 rings (SSSR count). The van der Waals surface area contributed by atoms with E-state index in [-0.39, 0.29) is 5.91 Å². The van der Waals surface area contributed by atoms with Gasteiger partial charge in [0.05, 0.1) is 17.7 Å². The number of hydrogen-bond acceptors (Lipinski definition) is 3. The molecule has 2 heterocycles. The van der Waals surface area contributed by atoms with Crippen LogP contribution in [0.15, 0.2) is 65.4 Å². The van der Waals surface area contributed by atoms with Crippen molar-refractivity contribution in [3.63, 3.8) is 0 Å². The number of pyridine rings is 1. The van der Waals surface area contributed by atoms with E-state index >= 15 is 0 Å². The minimum atomic E-state index is -0.411. The lowest BCUT2D eigenvalue weighted by Gasteiger charge is -2.14. The third-order valence-electron chi connectivity index (χ3n) is 4.51. The van der Waals surface area contributed by atoms with E-state index in [0.29, 0.717) is 12.4 Å². The van der Waals surface area contributed by atoms with Crippen LogP contribution < -0.4 is 5.32 Å². The molecule has 1 aliphatic rings. The van der Waals surface area contributed by atoms with E-state index < -0.39 is 5.41 Å². The lowest BCUT2D eigenvalue weighted by atomic mass is 9.95. The number of aromatic nitrogens is 3. The van der Waals surface area contributed by atoms with Crippen LogP contribution in [0.3, 0.4) is 0 Å². The maximum Gasteiger partial charge on any atom is 0.236 e. The van der Waals surface area contributed by atoms with Gasteiger partial charge in [0.1, 0.15) is 0 Å². The van der Waals surface area contributed by atoms with Crippen molar-refractivity contribution in [1.29, 1.82) is 0 Å². The third kappa shape index (κ3) is 3.35. The maximum atomic E-state index is 12.8. The maximum absolute atomic E-state index is 12.8. The van der Waals surface area contributed by atoms with Crippen molar-refractivity contribution < 1.29 is 4.79 Å². The van der Waals surface area contributed by atoms with Gasteiger partial charge in [-0.25, -0.2) is 0 Å². The van der Waals surface area contributed by atoms with Gasteiger partial charge < -0.3 is 5.32 Å². The summed E-state index contributed by atoms with van der Waals surface area (Å²) < 4.78 is 2.79. The smallest absolute Gasteiger partial charge is 0.236 e. The average Bonchev–Trinajstić information content (AvgIpc) is 3.33. The molecular formula is C19H17BrN4O. The van der Waals surface area contributed by atoms with Gasteiger partial charge in [-0.15, -0.1) is 0 Å². The van der Waals surface area contributed by atoms with Crippen LogP contribution >= 0.6 is 15.9 Å². The average molecular weight is 397 g/mol. The van der Waals surface area contributed by atoms with Gasteiger partial charge in [0.15, 0.2) is 5.82 Å². The summed E-state index contributed by atoms with van der Waals surface area (Å²) >= 11 is 3.43. The van der Waals surface area contributed by atoms with Crippen molar-refractivity contribution in [2.45, 2.75) is 24.8 Å². The van der Waals surface area contributed by atoms with Crippen LogP contribution in [0.4, 0.5) is 5.82 Å². The number of nitrogens with zero attached hydrogens (tertiary/aromatic N) is 3. The molecule has 0 aliphatic heterocycles. The topological polar surface area (TPSA) is 59.8 Å². The molecule has 6 heteroatoms. The summed E-state index contributed by atoms with van der Waals surface area (Å²) in [6.45, 7) is 0.578. The molecule has 1 saturated carbocycles. The zero-order valence-electron chi connectivity index (χ0n) is 13.5. The monoisotopic (exact) mass is 396 g/mol. The van der Waals surface area contributed by atoms with Gasteiger partial charge in [-0.05, 0) is 42.7 Å². The lowest BCUT2D eigenvalue weighted by molar-refractivity contribution is -0.118. The van der Waals surface area contributed by atoms with Crippen LogP contribution in [0.2, 0.25) is 0 Å². The molecule has 1 aromatic carbocycles. The first-order valence-corrected chi connectivity index (χ1v) is 8.96. The lowest BCUT2D eigenvalue weighted by Crippen LogP contribution is -2.28. The molecule has 25 heavy (non-hydrogen) atoms.